The SMILES string of the molecule is C=CC(=O)OC12c3ccccc3C(OC(=O)C=C)(c3ccccc31)C(C(=O)Nc1ccccc1)C2C(=O)O. The van der Waals surface area contributed by atoms with Crippen molar-refractivity contribution in [3.05, 3.63) is 126 Å². The Kier molecular flexibility index (Phi) is 5.95. The predicted molar refractivity (Wildman–Crippen MR) is 137 cm³/mol. The van der Waals surface area contributed by atoms with Crippen molar-refractivity contribution >= 4 is 29.5 Å². The number of nitrogens with one attached hydrogen (secondary N) is 1. The van der Waals surface area contributed by atoms with Gasteiger partial charge in [-0.15, -0.1) is 0 Å². The fraction of sp³-hybridized carbons (Fsp3) is 0.133. The van der Waals surface area contributed by atoms with Crippen LogP contribution in [0.3, 0.4) is 0 Å². The van der Waals surface area contributed by atoms with Crippen molar-refractivity contribution in [3.63, 3.8) is 0 Å². The zero-order valence-corrected chi connectivity index (χ0v) is 20.1. The van der Waals surface area contributed by atoms with Crippen molar-refractivity contribution in [3.8, 4) is 0 Å². The first-order valence-corrected chi connectivity index (χ1v) is 11.8. The lowest BCUT2D eigenvalue weighted by Crippen LogP contribution is -2.67. The van der Waals surface area contributed by atoms with Gasteiger partial charge in [0.05, 0.1) is 0 Å². The molecule has 0 fully saturated rings. The average molecular weight is 510 g/mol. The Morgan fingerprint density at radius 3 is 1.47 bits per heavy atom. The van der Waals surface area contributed by atoms with Gasteiger partial charge in [-0.3, -0.25) is 9.59 Å². The minimum atomic E-state index is -1.93. The minimum Gasteiger partial charge on any atom is -0.481 e. The summed E-state index contributed by atoms with van der Waals surface area (Å²) < 4.78 is 12.0. The molecule has 3 aromatic rings. The van der Waals surface area contributed by atoms with Crippen molar-refractivity contribution in [2.75, 3.05) is 5.32 Å². The standard InChI is InChI=1S/C30H23NO7/c1-3-23(32)37-29-19-14-8-10-16-21(19)30(38-24(33)4-2,22-17-11-9-15-20(22)29)26(28(35)36)25(29)27(34)31-18-12-6-5-7-13-18/h3-17,25-26H,1-2H2,(H,31,34)(H,35,36). The monoisotopic (exact) mass is 509 g/mol. The average Bonchev–Trinajstić information content (AvgIpc) is 2.93. The highest BCUT2D eigenvalue weighted by molar-refractivity contribution is 6.00. The molecule has 1 amide bonds. The lowest BCUT2D eigenvalue weighted by molar-refractivity contribution is -0.199. The van der Waals surface area contributed by atoms with Crippen molar-refractivity contribution in [2.24, 2.45) is 11.8 Å². The van der Waals surface area contributed by atoms with Crippen LogP contribution in [-0.2, 0) is 39.9 Å². The number of fused-ring (bicyclic) bond motifs is 1. The van der Waals surface area contributed by atoms with Crippen LogP contribution in [-0.4, -0.2) is 28.9 Å². The van der Waals surface area contributed by atoms with E-state index in [1.54, 1.807) is 78.9 Å². The summed E-state index contributed by atoms with van der Waals surface area (Å²) in [6.07, 6.45) is 1.89. The van der Waals surface area contributed by atoms with Crippen LogP contribution >= 0.6 is 0 Å². The predicted octanol–water partition coefficient (Wildman–Crippen LogP) is 3.91. The number of carboxylic acid groups (broad SMARTS) is 1. The van der Waals surface area contributed by atoms with Crippen LogP contribution in [0.4, 0.5) is 5.69 Å². The Balaban J connectivity index is 1.90. The minimum absolute atomic E-state index is 0.293. The van der Waals surface area contributed by atoms with E-state index in [1.807, 2.05) is 0 Å². The van der Waals surface area contributed by atoms with Crippen molar-refractivity contribution in [1.82, 2.24) is 0 Å². The number of para-hydroxylation sites is 1. The first kappa shape index (κ1) is 24.7. The number of esters is 2. The third kappa shape index (κ3) is 3.37. The molecule has 8 nitrogen and oxygen atoms in total. The Hall–Kier alpha value is -4.98. The molecule has 3 aliphatic carbocycles. The third-order valence-corrected chi connectivity index (χ3v) is 7.11. The smallest absolute Gasteiger partial charge is 0.331 e. The van der Waals surface area contributed by atoms with E-state index >= 15 is 0 Å². The lowest BCUT2D eigenvalue weighted by atomic mass is 9.49. The van der Waals surface area contributed by atoms with Gasteiger partial charge in [-0.25, -0.2) is 9.59 Å². The van der Waals surface area contributed by atoms with Crippen molar-refractivity contribution < 1.29 is 33.8 Å². The number of ether oxygens (including phenoxy) is 2. The summed E-state index contributed by atoms with van der Waals surface area (Å²) in [6, 6.07) is 21.6. The summed E-state index contributed by atoms with van der Waals surface area (Å²) in [7, 11) is 0. The molecule has 38 heavy (non-hydrogen) atoms. The number of benzene rings is 3. The molecule has 2 bridgehead atoms. The van der Waals surface area contributed by atoms with Crippen molar-refractivity contribution in [1.29, 1.82) is 0 Å². The van der Waals surface area contributed by atoms with Gasteiger partial charge in [0.2, 0.25) is 5.91 Å². The molecule has 0 saturated carbocycles. The number of carbonyl (C=O) groups excluding carboxylic acids is 3. The lowest BCUT2D eigenvalue weighted by Gasteiger charge is -2.59. The quantitative estimate of drug-likeness (QED) is 0.366. The molecule has 0 aliphatic heterocycles. The molecule has 0 heterocycles. The maximum absolute atomic E-state index is 14.1. The van der Waals surface area contributed by atoms with E-state index in [1.165, 1.54) is 0 Å². The Labute approximate surface area is 218 Å². The molecule has 6 rings (SSSR count). The molecule has 2 N–H and O–H groups in total. The van der Waals surface area contributed by atoms with E-state index in [4.69, 9.17) is 9.47 Å². The molecule has 0 saturated heterocycles. The van der Waals surface area contributed by atoms with Gasteiger partial charge in [-0.05, 0) is 12.1 Å². The molecular weight excluding hydrogens is 486 g/mol. The van der Waals surface area contributed by atoms with E-state index in [0.29, 0.717) is 27.9 Å². The number of hydrogen-bond acceptors (Lipinski definition) is 6. The van der Waals surface area contributed by atoms with Gasteiger partial charge in [0.25, 0.3) is 0 Å². The van der Waals surface area contributed by atoms with Gasteiger partial charge in [-0.1, -0.05) is 79.9 Å². The topological polar surface area (TPSA) is 119 Å². The van der Waals surface area contributed by atoms with E-state index < -0.39 is 46.9 Å². The molecule has 3 aliphatic rings. The fourth-order valence-corrected chi connectivity index (χ4v) is 5.83. The second kappa shape index (κ2) is 9.15. The van der Waals surface area contributed by atoms with Crippen LogP contribution in [0.1, 0.15) is 22.3 Å². The van der Waals surface area contributed by atoms with E-state index in [9.17, 15) is 24.3 Å². The zero-order chi connectivity index (χ0) is 27.1. The number of amides is 1. The van der Waals surface area contributed by atoms with Gasteiger partial charge in [-0.2, -0.15) is 0 Å². The summed E-state index contributed by atoms with van der Waals surface area (Å²) in [5.41, 5.74) is -2.14. The Morgan fingerprint density at radius 2 is 1.08 bits per heavy atom. The summed E-state index contributed by atoms with van der Waals surface area (Å²) in [5, 5.41) is 13.5. The highest BCUT2D eigenvalue weighted by atomic mass is 16.6. The van der Waals surface area contributed by atoms with Crippen molar-refractivity contribution in [2.45, 2.75) is 11.2 Å². The van der Waals surface area contributed by atoms with Crippen LogP contribution in [0.15, 0.2) is 104 Å². The van der Waals surface area contributed by atoms with Gasteiger partial charge < -0.3 is 19.9 Å². The summed E-state index contributed by atoms with van der Waals surface area (Å²) in [5.74, 6) is -7.11. The number of hydrogen-bond donors (Lipinski definition) is 2. The number of rotatable bonds is 7. The first-order chi connectivity index (χ1) is 18.3. The fourth-order valence-electron chi connectivity index (χ4n) is 5.83. The molecule has 0 spiro atoms. The molecule has 0 aromatic heterocycles. The van der Waals surface area contributed by atoms with Crippen LogP contribution < -0.4 is 5.32 Å². The number of aliphatic carboxylic acids is 1. The largest absolute Gasteiger partial charge is 0.481 e. The van der Waals surface area contributed by atoms with Gasteiger partial charge in [0.1, 0.15) is 11.8 Å². The van der Waals surface area contributed by atoms with E-state index in [-0.39, 0.29) is 0 Å². The van der Waals surface area contributed by atoms with Crippen LogP contribution in [0.5, 0.6) is 0 Å². The van der Waals surface area contributed by atoms with Crippen LogP contribution in [0, 0.1) is 11.8 Å². The highest BCUT2D eigenvalue weighted by Crippen LogP contribution is 2.65. The summed E-state index contributed by atoms with van der Waals surface area (Å²) in [6.45, 7) is 6.98. The molecule has 8 heteroatoms. The third-order valence-electron chi connectivity index (χ3n) is 7.11. The van der Waals surface area contributed by atoms with Crippen LogP contribution in [0.2, 0.25) is 0 Å². The number of anilines is 1. The number of carbonyl (C=O) groups is 4. The molecule has 3 aromatic carbocycles. The molecule has 190 valence electrons. The summed E-state index contributed by atoms with van der Waals surface area (Å²) in [4.78, 5) is 52.9. The van der Waals surface area contributed by atoms with E-state index in [2.05, 4.69) is 18.5 Å². The Bertz CT molecular complexity index is 1450. The summed E-state index contributed by atoms with van der Waals surface area (Å²) >= 11 is 0. The van der Waals surface area contributed by atoms with Crippen LogP contribution in [0.25, 0.3) is 0 Å². The molecule has 2 atom stereocenters. The second-order valence-corrected chi connectivity index (χ2v) is 8.96. The maximum atomic E-state index is 14.1. The van der Waals surface area contributed by atoms with Gasteiger partial charge >= 0.3 is 17.9 Å². The first-order valence-electron chi connectivity index (χ1n) is 11.8. The molecule has 0 radical (unpaired) electrons. The van der Waals surface area contributed by atoms with E-state index in [0.717, 1.165) is 12.2 Å². The highest BCUT2D eigenvalue weighted by Gasteiger charge is 2.73. The molecular formula is C30H23NO7. The van der Waals surface area contributed by atoms with Gasteiger partial charge in [0, 0.05) is 40.1 Å². The number of carboxylic acids is 1. The van der Waals surface area contributed by atoms with Gasteiger partial charge in [0.15, 0.2) is 11.2 Å². The normalized spacial score (nSPS) is 24.2. The Morgan fingerprint density at radius 1 is 0.684 bits per heavy atom. The second-order valence-electron chi connectivity index (χ2n) is 8.96. The zero-order valence-electron chi connectivity index (χ0n) is 20.1. The maximum Gasteiger partial charge on any atom is 0.331 e. The molecule has 2 unspecified atom stereocenters.